The molecule has 0 spiro atoms. The van der Waals surface area contributed by atoms with Crippen LogP contribution in [0.1, 0.15) is 27.7 Å². The Morgan fingerprint density at radius 2 is 1.94 bits per heavy atom. The fraction of sp³-hybridized carbons (Fsp3) is 0.667. The van der Waals surface area contributed by atoms with Crippen molar-refractivity contribution in [2.24, 2.45) is 0 Å². The Morgan fingerprint density at radius 1 is 1.18 bits per heavy atom. The molecule has 5 nitrogen and oxygen atoms in total. The van der Waals surface area contributed by atoms with Crippen molar-refractivity contribution in [1.82, 2.24) is 15.3 Å². The quantitative estimate of drug-likeness (QED) is 0.708. The second kappa shape index (κ2) is 7.06. The van der Waals surface area contributed by atoms with E-state index < -0.39 is 0 Å². The number of rotatable bonds is 7. The van der Waals surface area contributed by atoms with Crippen molar-refractivity contribution >= 4 is 5.82 Å². The summed E-state index contributed by atoms with van der Waals surface area (Å²) in [6.07, 6.45) is 3.43. The van der Waals surface area contributed by atoms with Crippen molar-refractivity contribution in [2.75, 3.05) is 18.4 Å². The van der Waals surface area contributed by atoms with E-state index in [1.807, 2.05) is 13.8 Å². The van der Waals surface area contributed by atoms with Crippen LogP contribution < -0.4 is 15.4 Å². The summed E-state index contributed by atoms with van der Waals surface area (Å²) < 4.78 is 5.47. The summed E-state index contributed by atoms with van der Waals surface area (Å²) in [6, 6.07) is 0.499. The molecule has 1 aromatic heterocycles. The molecule has 0 aliphatic carbocycles. The number of nitrogens with one attached hydrogen (secondary N) is 2. The third kappa shape index (κ3) is 6.06. The van der Waals surface area contributed by atoms with Crippen LogP contribution in [-0.2, 0) is 0 Å². The van der Waals surface area contributed by atoms with E-state index in [1.165, 1.54) is 0 Å². The predicted molar refractivity (Wildman–Crippen MR) is 69.4 cm³/mol. The van der Waals surface area contributed by atoms with Gasteiger partial charge in [0.05, 0.1) is 18.5 Å². The highest BCUT2D eigenvalue weighted by atomic mass is 16.5. The lowest BCUT2D eigenvalue weighted by Crippen LogP contribution is -2.28. The van der Waals surface area contributed by atoms with Gasteiger partial charge in [-0.2, -0.15) is 4.98 Å². The summed E-state index contributed by atoms with van der Waals surface area (Å²) >= 11 is 0. The number of aromatic nitrogens is 2. The number of hydrogen-bond donors (Lipinski definition) is 2. The average Bonchev–Trinajstić information content (AvgIpc) is 2.24. The van der Waals surface area contributed by atoms with E-state index in [1.54, 1.807) is 12.4 Å². The van der Waals surface area contributed by atoms with Crippen molar-refractivity contribution in [3.63, 3.8) is 0 Å². The molecule has 5 heteroatoms. The highest BCUT2D eigenvalue weighted by Gasteiger charge is 2.01. The Morgan fingerprint density at radius 3 is 2.59 bits per heavy atom. The first-order chi connectivity index (χ1) is 8.08. The molecule has 0 atom stereocenters. The molecular formula is C12H22N4O. The molecule has 0 saturated carbocycles. The van der Waals surface area contributed by atoms with Gasteiger partial charge in [-0.05, 0) is 13.8 Å². The lowest BCUT2D eigenvalue weighted by molar-refractivity contribution is 0.232. The summed E-state index contributed by atoms with van der Waals surface area (Å²) in [5.74, 6) is 1.30. The van der Waals surface area contributed by atoms with Crippen molar-refractivity contribution < 1.29 is 4.74 Å². The summed E-state index contributed by atoms with van der Waals surface area (Å²) in [4.78, 5) is 8.39. The zero-order valence-corrected chi connectivity index (χ0v) is 11.0. The molecule has 0 aliphatic rings. The Balaban J connectivity index is 2.37. The second-order valence-electron chi connectivity index (χ2n) is 4.44. The van der Waals surface area contributed by atoms with Crippen LogP contribution in [-0.4, -0.2) is 35.2 Å². The first kappa shape index (κ1) is 13.7. The molecule has 96 valence electrons. The summed E-state index contributed by atoms with van der Waals surface area (Å²) in [5, 5.41) is 6.52. The molecule has 0 bridgehead atoms. The molecule has 17 heavy (non-hydrogen) atoms. The van der Waals surface area contributed by atoms with Gasteiger partial charge in [0.15, 0.2) is 0 Å². The maximum atomic E-state index is 5.47. The lowest BCUT2D eigenvalue weighted by atomic mass is 10.4. The normalized spacial score (nSPS) is 10.9. The van der Waals surface area contributed by atoms with Crippen LogP contribution >= 0.6 is 0 Å². The fourth-order valence-corrected chi connectivity index (χ4v) is 1.28. The van der Waals surface area contributed by atoms with Crippen molar-refractivity contribution in [3.05, 3.63) is 12.4 Å². The molecule has 1 rings (SSSR count). The molecule has 0 unspecified atom stereocenters. The van der Waals surface area contributed by atoms with E-state index in [4.69, 9.17) is 4.74 Å². The van der Waals surface area contributed by atoms with Gasteiger partial charge in [-0.3, -0.25) is 4.98 Å². The Hall–Kier alpha value is -1.36. The van der Waals surface area contributed by atoms with Gasteiger partial charge in [-0.1, -0.05) is 13.8 Å². The minimum atomic E-state index is 0.113. The van der Waals surface area contributed by atoms with Crippen LogP contribution in [0, 0.1) is 0 Å². The van der Waals surface area contributed by atoms with E-state index in [0.29, 0.717) is 11.9 Å². The predicted octanol–water partition coefficient (Wildman–Crippen LogP) is 1.67. The maximum Gasteiger partial charge on any atom is 0.234 e. The van der Waals surface area contributed by atoms with Crippen LogP contribution in [0.5, 0.6) is 5.88 Å². The average molecular weight is 238 g/mol. The molecule has 0 saturated heterocycles. The molecule has 2 N–H and O–H groups in total. The van der Waals surface area contributed by atoms with Gasteiger partial charge in [0.1, 0.15) is 5.82 Å². The van der Waals surface area contributed by atoms with Gasteiger partial charge >= 0.3 is 0 Å². The summed E-state index contributed by atoms with van der Waals surface area (Å²) in [5.41, 5.74) is 0. The van der Waals surface area contributed by atoms with E-state index >= 15 is 0 Å². The highest BCUT2D eigenvalue weighted by molar-refractivity contribution is 5.33. The van der Waals surface area contributed by atoms with Gasteiger partial charge in [-0.15, -0.1) is 0 Å². The van der Waals surface area contributed by atoms with E-state index in [-0.39, 0.29) is 6.10 Å². The first-order valence-corrected chi connectivity index (χ1v) is 6.04. The van der Waals surface area contributed by atoms with E-state index in [2.05, 4.69) is 34.4 Å². The molecule has 0 amide bonds. The van der Waals surface area contributed by atoms with Crippen molar-refractivity contribution in [2.45, 2.75) is 39.8 Å². The van der Waals surface area contributed by atoms with Crippen LogP contribution in [0.4, 0.5) is 5.82 Å². The van der Waals surface area contributed by atoms with Crippen LogP contribution in [0.2, 0.25) is 0 Å². The van der Waals surface area contributed by atoms with Gasteiger partial charge in [0, 0.05) is 19.1 Å². The van der Waals surface area contributed by atoms with Gasteiger partial charge < -0.3 is 15.4 Å². The fourth-order valence-electron chi connectivity index (χ4n) is 1.28. The van der Waals surface area contributed by atoms with E-state index in [0.717, 1.165) is 18.9 Å². The largest absolute Gasteiger partial charge is 0.474 e. The van der Waals surface area contributed by atoms with Gasteiger partial charge in [0.25, 0.3) is 0 Å². The van der Waals surface area contributed by atoms with Crippen LogP contribution in [0.25, 0.3) is 0 Å². The minimum absolute atomic E-state index is 0.113. The Bertz CT molecular complexity index is 328. The lowest BCUT2D eigenvalue weighted by Gasteiger charge is -2.11. The van der Waals surface area contributed by atoms with Crippen LogP contribution in [0.3, 0.4) is 0 Å². The third-order valence-electron chi connectivity index (χ3n) is 1.95. The molecular weight excluding hydrogens is 216 g/mol. The Labute approximate surface area is 103 Å². The molecule has 0 aromatic carbocycles. The SMILES string of the molecule is CC(C)NCCNc1cncc(OC(C)C)n1. The Kier molecular flexibility index (Phi) is 5.69. The summed E-state index contributed by atoms with van der Waals surface area (Å²) in [7, 11) is 0. The minimum Gasteiger partial charge on any atom is -0.474 e. The first-order valence-electron chi connectivity index (χ1n) is 6.04. The van der Waals surface area contributed by atoms with Crippen LogP contribution in [0.15, 0.2) is 12.4 Å². The number of anilines is 1. The standard InChI is InChI=1S/C12H22N4O/c1-9(2)14-5-6-15-11-7-13-8-12(16-11)17-10(3)4/h7-10,14H,5-6H2,1-4H3,(H,15,16). The zero-order chi connectivity index (χ0) is 12.7. The van der Waals surface area contributed by atoms with Gasteiger partial charge in [-0.25, -0.2) is 0 Å². The highest BCUT2D eigenvalue weighted by Crippen LogP contribution is 2.10. The van der Waals surface area contributed by atoms with Crippen molar-refractivity contribution in [1.29, 1.82) is 0 Å². The third-order valence-corrected chi connectivity index (χ3v) is 1.95. The molecule has 0 fully saturated rings. The topological polar surface area (TPSA) is 59.1 Å². The smallest absolute Gasteiger partial charge is 0.234 e. The number of nitrogens with zero attached hydrogens (tertiary/aromatic N) is 2. The molecule has 1 aromatic rings. The zero-order valence-electron chi connectivity index (χ0n) is 11.0. The monoisotopic (exact) mass is 238 g/mol. The number of hydrogen-bond acceptors (Lipinski definition) is 5. The summed E-state index contributed by atoms with van der Waals surface area (Å²) in [6.45, 7) is 9.89. The molecule has 0 aliphatic heterocycles. The maximum absolute atomic E-state index is 5.47. The second-order valence-corrected chi connectivity index (χ2v) is 4.44. The van der Waals surface area contributed by atoms with Gasteiger partial charge in [0.2, 0.25) is 5.88 Å². The van der Waals surface area contributed by atoms with E-state index in [9.17, 15) is 0 Å². The molecule has 0 radical (unpaired) electrons. The number of ether oxygens (including phenoxy) is 1. The molecule has 1 heterocycles. The van der Waals surface area contributed by atoms with Crippen molar-refractivity contribution in [3.8, 4) is 5.88 Å².